The molecule has 1 aromatic carbocycles. The van der Waals surface area contributed by atoms with Crippen molar-refractivity contribution >= 4 is 11.7 Å². The van der Waals surface area contributed by atoms with Crippen LogP contribution in [0.4, 0.5) is 4.39 Å². The molecule has 0 spiro atoms. The van der Waals surface area contributed by atoms with Crippen molar-refractivity contribution in [2.24, 2.45) is 0 Å². The van der Waals surface area contributed by atoms with E-state index in [2.05, 4.69) is 4.98 Å². The maximum absolute atomic E-state index is 13.0. The SMILES string of the molecule is COC(CN(C)C(=O)c1ncccc1C(=O)c1ccc(F)cc1)OC. The molecule has 1 heterocycles. The number of nitrogens with zero attached hydrogens (tertiary/aromatic N) is 2. The first-order valence-electron chi connectivity index (χ1n) is 7.54. The van der Waals surface area contributed by atoms with E-state index in [4.69, 9.17) is 9.47 Å². The van der Waals surface area contributed by atoms with Crippen LogP contribution in [0.25, 0.3) is 0 Å². The molecule has 2 aromatic rings. The largest absolute Gasteiger partial charge is 0.354 e. The van der Waals surface area contributed by atoms with E-state index in [0.717, 1.165) is 0 Å². The van der Waals surface area contributed by atoms with Crippen LogP contribution in [0.1, 0.15) is 26.4 Å². The molecular formula is C18H19FN2O4. The molecule has 0 saturated carbocycles. The zero-order valence-electron chi connectivity index (χ0n) is 14.2. The lowest BCUT2D eigenvalue weighted by molar-refractivity contribution is -0.110. The second-order valence-electron chi connectivity index (χ2n) is 5.32. The number of likely N-dealkylation sites (N-methyl/N-ethyl adjacent to an activating group) is 1. The summed E-state index contributed by atoms with van der Waals surface area (Å²) >= 11 is 0. The molecule has 0 unspecified atom stereocenters. The molecular weight excluding hydrogens is 327 g/mol. The van der Waals surface area contributed by atoms with E-state index in [1.165, 1.54) is 55.6 Å². The van der Waals surface area contributed by atoms with E-state index >= 15 is 0 Å². The third-order valence-corrected chi connectivity index (χ3v) is 3.66. The number of hydrogen-bond acceptors (Lipinski definition) is 5. The summed E-state index contributed by atoms with van der Waals surface area (Å²) in [5, 5.41) is 0. The fourth-order valence-electron chi connectivity index (χ4n) is 2.25. The Morgan fingerprint density at radius 3 is 2.40 bits per heavy atom. The van der Waals surface area contributed by atoms with Crippen molar-refractivity contribution in [2.45, 2.75) is 6.29 Å². The van der Waals surface area contributed by atoms with Crippen LogP contribution in [0, 0.1) is 5.82 Å². The van der Waals surface area contributed by atoms with Crippen LogP contribution in [0.3, 0.4) is 0 Å². The second kappa shape index (κ2) is 8.46. The average Bonchev–Trinajstić information content (AvgIpc) is 2.65. The number of amides is 1. The fourth-order valence-corrected chi connectivity index (χ4v) is 2.25. The maximum atomic E-state index is 13.0. The molecule has 25 heavy (non-hydrogen) atoms. The fraction of sp³-hybridized carbons (Fsp3) is 0.278. The maximum Gasteiger partial charge on any atom is 0.273 e. The number of carbonyl (C=O) groups is 2. The van der Waals surface area contributed by atoms with Gasteiger partial charge >= 0.3 is 0 Å². The molecule has 7 heteroatoms. The number of ketones is 1. The van der Waals surface area contributed by atoms with Crippen molar-refractivity contribution < 1.29 is 23.5 Å². The Morgan fingerprint density at radius 2 is 1.80 bits per heavy atom. The van der Waals surface area contributed by atoms with Gasteiger partial charge in [0, 0.05) is 33.0 Å². The standard InChI is InChI=1S/C18H19FN2O4/c1-21(11-15(24-2)25-3)18(23)16-14(5-4-10-20-16)17(22)12-6-8-13(19)9-7-12/h4-10,15H,11H2,1-3H3. The summed E-state index contributed by atoms with van der Waals surface area (Å²) in [5.41, 5.74) is 0.445. The normalized spacial score (nSPS) is 10.8. The molecule has 0 saturated heterocycles. The van der Waals surface area contributed by atoms with E-state index in [-0.39, 0.29) is 23.4 Å². The molecule has 0 aliphatic rings. The van der Waals surface area contributed by atoms with Gasteiger partial charge in [-0.05, 0) is 36.4 Å². The highest BCUT2D eigenvalue weighted by Crippen LogP contribution is 2.15. The highest BCUT2D eigenvalue weighted by molar-refractivity contribution is 6.14. The van der Waals surface area contributed by atoms with Crippen LogP contribution < -0.4 is 0 Å². The zero-order chi connectivity index (χ0) is 18.4. The van der Waals surface area contributed by atoms with Crippen LogP contribution in [-0.4, -0.2) is 55.7 Å². The molecule has 2 rings (SSSR count). The Hall–Kier alpha value is -2.64. The Bertz CT molecular complexity index is 745. The summed E-state index contributed by atoms with van der Waals surface area (Å²) in [7, 11) is 4.50. The van der Waals surface area contributed by atoms with Crippen LogP contribution in [-0.2, 0) is 9.47 Å². The minimum Gasteiger partial charge on any atom is -0.354 e. The predicted molar refractivity (Wildman–Crippen MR) is 88.8 cm³/mol. The minimum atomic E-state index is -0.589. The second-order valence-corrected chi connectivity index (χ2v) is 5.32. The lowest BCUT2D eigenvalue weighted by Crippen LogP contribution is -2.37. The van der Waals surface area contributed by atoms with Crippen LogP contribution in [0.2, 0.25) is 0 Å². The first-order valence-corrected chi connectivity index (χ1v) is 7.54. The first-order chi connectivity index (χ1) is 12.0. The summed E-state index contributed by atoms with van der Waals surface area (Å²) < 4.78 is 23.2. The summed E-state index contributed by atoms with van der Waals surface area (Å²) in [5.74, 6) is -1.28. The summed E-state index contributed by atoms with van der Waals surface area (Å²) in [6.45, 7) is 0.173. The number of pyridine rings is 1. The van der Waals surface area contributed by atoms with Gasteiger partial charge in [-0.2, -0.15) is 0 Å². The highest BCUT2D eigenvalue weighted by Gasteiger charge is 2.23. The number of benzene rings is 1. The van der Waals surface area contributed by atoms with Crippen LogP contribution >= 0.6 is 0 Å². The zero-order valence-corrected chi connectivity index (χ0v) is 14.2. The quantitative estimate of drug-likeness (QED) is 0.568. The van der Waals surface area contributed by atoms with Gasteiger partial charge in [-0.3, -0.25) is 14.6 Å². The Kier molecular flexibility index (Phi) is 6.32. The summed E-state index contributed by atoms with van der Waals surface area (Å²) in [6, 6.07) is 8.21. The molecule has 0 fully saturated rings. The third kappa shape index (κ3) is 4.46. The van der Waals surface area contributed by atoms with Crippen LogP contribution in [0.5, 0.6) is 0 Å². The Morgan fingerprint density at radius 1 is 1.16 bits per heavy atom. The number of hydrogen-bond donors (Lipinski definition) is 0. The van der Waals surface area contributed by atoms with Gasteiger partial charge < -0.3 is 14.4 Å². The molecule has 1 aromatic heterocycles. The molecule has 1 amide bonds. The van der Waals surface area contributed by atoms with Gasteiger partial charge in [0.2, 0.25) is 0 Å². The van der Waals surface area contributed by atoms with Crippen LogP contribution in [0.15, 0.2) is 42.6 Å². The Labute approximate surface area is 145 Å². The monoisotopic (exact) mass is 346 g/mol. The third-order valence-electron chi connectivity index (χ3n) is 3.66. The number of halogens is 1. The molecule has 0 radical (unpaired) electrons. The van der Waals surface area contributed by atoms with E-state index in [1.807, 2.05) is 0 Å². The number of methoxy groups -OCH3 is 2. The predicted octanol–water partition coefficient (Wildman–Crippen LogP) is 2.14. The summed E-state index contributed by atoms with van der Waals surface area (Å²) in [4.78, 5) is 30.7. The highest BCUT2D eigenvalue weighted by atomic mass is 19.1. The molecule has 132 valence electrons. The molecule has 6 nitrogen and oxygen atoms in total. The van der Waals surface area contributed by atoms with Gasteiger partial charge in [0.05, 0.1) is 12.1 Å². The van der Waals surface area contributed by atoms with Gasteiger partial charge in [0.1, 0.15) is 11.5 Å². The molecule has 0 aliphatic carbocycles. The van der Waals surface area contributed by atoms with E-state index < -0.39 is 23.8 Å². The number of rotatable bonds is 7. The number of aromatic nitrogens is 1. The molecule has 0 bridgehead atoms. The lowest BCUT2D eigenvalue weighted by atomic mass is 10.0. The van der Waals surface area contributed by atoms with Crippen molar-refractivity contribution in [3.05, 3.63) is 65.2 Å². The van der Waals surface area contributed by atoms with Gasteiger partial charge in [-0.15, -0.1) is 0 Å². The molecule has 0 atom stereocenters. The van der Waals surface area contributed by atoms with E-state index in [1.54, 1.807) is 13.1 Å². The first kappa shape index (κ1) is 18.7. The van der Waals surface area contributed by atoms with Gasteiger partial charge in [0.15, 0.2) is 12.1 Å². The van der Waals surface area contributed by atoms with Crippen molar-refractivity contribution in [2.75, 3.05) is 27.8 Å². The average molecular weight is 346 g/mol. The number of carbonyl (C=O) groups excluding carboxylic acids is 2. The molecule has 0 N–H and O–H groups in total. The van der Waals surface area contributed by atoms with Gasteiger partial charge in [-0.1, -0.05) is 0 Å². The smallest absolute Gasteiger partial charge is 0.273 e. The van der Waals surface area contributed by atoms with Crippen molar-refractivity contribution in [1.29, 1.82) is 0 Å². The minimum absolute atomic E-state index is 0.0188. The van der Waals surface area contributed by atoms with E-state index in [0.29, 0.717) is 0 Å². The van der Waals surface area contributed by atoms with Crippen molar-refractivity contribution in [1.82, 2.24) is 9.88 Å². The van der Waals surface area contributed by atoms with Gasteiger partial charge in [-0.25, -0.2) is 4.39 Å². The van der Waals surface area contributed by atoms with Crippen molar-refractivity contribution in [3.8, 4) is 0 Å². The Balaban J connectivity index is 2.29. The van der Waals surface area contributed by atoms with Crippen molar-refractivity contribution in [3.63, 3.8) is 0 Å². The summed E-state index contributed by atoms with van der Waals surface area (Å²) in [6.07, 6.45) is 0.848. The van der Waals surface area contributed by atoms with Gasteiger partial charge in [0.25, 0.3) is 5.91 Å². The lowest BCUT2D eigenvalue weighted by Gasteiger charge is -2.22. The number of ether oxygens (including phenoxy) is 2. The molecule has 0 aliphatic heterocycles. The van der Waals surface area contributed by atoms with E-state index in [9.17, 15) is 14.0 Å². The topological polar surface area (TPSA) is 68.7 Å².